The third-order valence-corrected chi connectivity index (χ3v) is 5.82. The van der Waals surface area contributed by atoms with Crippen LogP contribution in [0.4, 0.5) is 0 Å². The first kappa shape index (κ1) is 16.2. The van der Waals surface area contributed by atoms with Crippen LogP contribution in [0.2, 0.25) is 0 Å². The molecule has 0 radical (unpaired) electrons. The van der Waals surface area contributed by atoms with E-state index in [1.54, 1.807) is 24.5 Å². The number of amides is 1. The van der Waals surface area contributed by atoms with Crippen molar-refractivity contribution in [2.45, 2.75) is 25.3 Å². The number of hydrogen-bond donors (Lipinski definition) is 2. The van der Waals surface area contributed by atoms with Crippen LogP contribution in [-0.2, 0) is 10.3 Å². The molecule has 2 N–H and O–H groups in total. The van der Waals surface area contributed by atoms with Gasteiger partial charge in [-0.1, -0.05) is 19.1 Å². The molecule has 1 amide bonds. The van der Waals surface area contributed by atoms with E-state index < -0.39 is 5.54 Å². The summed E-state index contributed by atoms with van der Waals surface area (Å²) < 4.78 is 0. The van der Waals surface area contributed by atoms with Crippen LogP contribution in [0.1, 0.15) is 30.2 Å². The van der Waals surface area contributed by atoms with Gasteiger partial charge < -0.3 is 5.32 Å². The van der Waals surface area contributed by atoms with Crippen LogP contribution in [0.5, 0.6) is 0 Å². The van der Waals surface area contributed by atoms with Gasteiger partial charge in [-0.3, -0.25) is 15.1 Å². The lowest BCUT2D eigenvalue weighted by Gasteiger charge is -2.40. The summed E-state index contributed by atoms with van der Waals surface area (Å²) in [5.41, 5.74) is 1.09. The highest BCUT2D eigenvalue weighted by Gasteiger charge is 2.41. The Morgan fingerprint density at radius 3 is 2.88 bits per heavy atom. The summed E-state index contributed by atoms with van der Waals surface area (Å²) in [7, 11) is 1.62. The Morgan fingerprint density at radius 1 is 1.42 bits per heavy atom. The Hall–Kier alpha value is -2.65. The third kappa shape index (κ3) is 2.68. The van der Waals surface area contributed by atoms with Crippen molar-refractivity contribution >= 4 is 23.2 Å². The second kappa shape index (κ2) is 6.10. The van der Waals surface area contributed by atoms with Crippen molar-refractivity contribution in [3.63, 3.8) is 0 Å². The van der Waals surface area contributed by atoms with Gasteiger partial charge in [0.25, 0.3) is 0 Å². The fourth-order valence-corrected chi connectivity index (χ4v) is 4.10. The lowest BCUT2D eigenvalue weighted by Crippen LogP contribution is -2.58. The van der Waals surface area contributed by atoms with Gasteiger partial charge in [0.2, 0.25) is 5.91 Å². The number of hydrogen-bond acceptors (Lipinski definition) is 4. The summed E-state index contributed by atoms with van der Waals surface area (Å²) in [5, 5.41) is 20.3. The van der Waals surface area contributed by atoms with Crippen LogP contribution in [0, 0.1) is 16.7 Å². The average Bonchev–Trinajstić information content (AvgIpc) is 3.10. The van der Waals surface area contributed by atoms with Crippen LogP contribution < -0.4 is 5.32 Å². The van der Waals surface area contributed by atoms with Crippen molar-refractivity contribution in [2.24, 2.45) is 0 Å². The van der Waals surface area contributed by atoms with Crippen LogP contribution in [0.25, 0.3) is 10.4 Å². The Kier molecular flexibility index (Phi) is 4.12. The number of thiophene rings is 1. The molecule has 3 rings (SSSR count). The molecule has 1 fully saturated rings. The molecule has 122 valence electrons. The number of rotatable bonds is 3. The monoisotopic (exact) mass is 338 g/mol. The molecule has 0 saturated carbocycles. The predicted molar refractivity (Wildman–Crippen MR) is 94.7 cm³/mol. The SMILES string of the molecule is CCC1(c2ccc(-c3cccc(C#N)c3)s2)CC(=O)N(C)C(=N)N1. The smallest absolute Gasteiger partial charge is 0.231 e. The number of benzene rings is 1. The molecule has 5 nitrogen and oxygen atoms in total. The molecule has 0 aliphatic carbocycles. The second-order valence-corrected chi connectivity index (χ2v) is 6.98. The van der Waals surface area contributed by atoms with Crippen molar-refractivity contribution in [3.8, 4) is 16.5 Å². The molecule has 24 heavy (non-hydrogen) atoms. The van der Waals surface area contributed by atoms with Gasteiger partial charge >= 0.3 is 0 Å². The van der Waals surface area contributed by atoms with E-state index in [4.69, 9.17) is 10.7 Å². The molecule has 1 aliphatic heterocycles. The van der Waals surface area contributed by atoms with Crippen LogP contribution in [0.3, 0.4) is 0 Å². The minimum absolute atomic E-state index is 0.0537. The quantitative estimate of drug-likeness (QED) is 0.901. The minimum atomic E-state index is -0.531. The molecule has 1 unspecified atom stereocenters. The van der Waals surface area contributed by atoms with Gasteiger partial charge in [0.05, 0.1) is 23.6 Å². The van der Waals surface area contributed by atoms with Gasteiger partial charge in [-0.05, 0) is 36.2 Å². The van der Waals surface area contributed by atoms with Gasteiger partial charge in [-0.2, -0.15) is 5.26 Å². The summed E-state index contributed by atoms with van der Waals surface area (Å²) >= 11 is 1.60. The summed E-state index contributed by atoms with van der Waals surface area (Å²) in [6, 6.07) is 13.7. The van der Waals surface area contributed by atoms with Gasteiger partial charge in [0, 0.05) is 16.8 Å². The first-order valence-electron chi connectivity index (χ1n) is 7.73. The van der Waals surface area contributed by atoms with E-state index in [2.05, 4.69) is 11.4 Å². The van der Waals surface area contributed by atoms with Gasteiger partial charge in [0.15, 0.2) is 5.96 Å². The fraction of sp³-hybridized carbons (Fsp3) is 0.278. The van der Waals surface area contributed by atoms with E-state index in [-0.39, 0.29) is 11.9 Å². The normalized spacial score (nSPS) is 20.6. The Morgan fingerprint density at radius 2 is 2.21 bits per heavy atom. The van der Waals surface area contributed by atoms with Crippen molar-refractivity contribution in [2.75, 3.05) is 7.05 Å². The predicted octanol–water partition coefficient (Wildman–Crippen LogP) is 3.28. The summed E-state index contributed by atoms with van der Waals surface area (Å²) in [5.74, 6) is 0.0801. The molecule has 1 saturated heterocycles. The Labute approximate surface area is 145 Å². The summed E-state index contributed by atoms with van der Waals surface area (Å²) in [6.45, 7) is 2.02. The molecule has 1 atom stereocenters. The maximum atomic E-state index is 12.2. The first-order valence-corrected chi connectivity index (χ1v) is 8.55. The number of nitrogens with one attached hydrogen (secondary N) is 2. The largest absolute Gasteiger partial charge is 0.345 e. The summed E-state index contributed by atoms with van der Waals surface area (Å²) in [4.78, 5) is 15.7. The lowest BCUT2D eigenvalue weighted by atomic mass is 9.88. The molecule has 0 bridgehead atoms. The van der Waals surface area contributed by atoms with E-state index >= 15 is 0 Å². The maximum absolute atomic E-state index is 12.2. The van der Waals surface area contributed by atoms with E-state index in [1.807, 2.05) is 37.3 Å². The molecule has 2 aromatic rings. The van der Waals surface area contributed by atoms with E-state index in [0.717, 1.165) is 15.3 Å². The molecule has 0 spiro atoms. The topological polar surface area (TPSA) is 80.0 Å². The molecular formula is C18H18N4OS. The Bertz CT molecular complexity index is 831. The third-order valence-electron chi connectivity index (χ3n) is 4.48. The van der Waals surface area contributed by atoms with Crippen LogP contribution in [0.15, 0.2) is 36.4 Å². The van der Waals surface area contributed by atoms with Crippen molar-refractivity contribution < 1.29 is 4.79 Å². The van der Waals surface area contributed by atoms with E-state index in [0.29, 0.717) is 18.4 Å². The average molecular weight is 338 g/mol. The van der Waals surface area contributed by atoms with Gasteiger partial charge in [0.1, 0.15) is 0 Å². The first-order chi connectivity index (χ1) is 11.5. The zero-order chi connectivity index (χ0) is 17.3. The molecule has 1 aromatic heterocycles. The van der Waals surface area contributed by atoms with Crippen molar-refractivity contribution in [3.05, 3.63) is 46.8 Å². The van der Waals surface area contributed by atoms with Crippen LogP contribution in [-0.4, -0.2) is 23.8 Å². The standard InChI is InChI=1S/C18H18N4OS/c1-3-18(10-16(23)22(2)17(20)21-18)15-8-7-14(24-15)13-6-4-5-12(9-13)11-19/h4-9H,3,10H2,1-2H3,(H2,20,21). The van der Waals surface area contributed by atoms with Crippen molar-refractivity contribution in [1.29, 1.82) is 10.7 Å². The number of nitrogens with zero attached hydrogens (tertiary/aromatic N) is 2. The highest BCUT2D eigenvalue weighted by Crippen LogP contribution is 2.39. The second-order valence-electron chi connectivity index (χ2n) is 5.90. The molecule has 2 heterocycles. The van der Waals surface area contributed by atoms with Gasteiger partial charge in [-0.25, -0.2) is 0 Å². The van der Waals surface area contributed by atoms with Crippen molar-refractivity contribution in [1.82, 2.24) is 10.2 Å². The van der Waals surface area contributed by atoms with E-state index in [9.17, 15) is 4.79 Å². The number of carbonyl (C=O) groups is 1. The minimum Gasteiger partial charge on any atom is -0.345 e. The van der Waals surface area contributed by atoms with E-state index in [1.165, 1.54) is 4.90 Å². The van der Waals surface area contributed by atoms with Gasteiger partial charge in [-0.15, -0.1) is 11.3 Å². The zero-order valence-electron chi connectivity index (χ0n) is 13.6. The highest BCUT2D eigenvalue weighted by atomic mass is 32.1. The molecule has 6 heteroatoms. The van der Waals surface area contributed by atoms with Crippen LogP contribution >= 0.6 is 11.3 Å². The molecular weight excluding hydrogens is 320 g/mol. The fourth-order valence-electron chi connectivity index (χ4n) is 2.88. The number of nitriles is 1. The zero-order valence-corrected chi connectivity index (χ0v) is 14.4. The maximum Gasteiger partial charge on any atom is 0.231 e. The number of carbonyl (C=O) groups excluding carboxylic acids is 1. The summed E-state index contributed by atoms with van der Waals surface area (Å²) in [6.07, 6.45) is 1.05. The Balaban J connectivity index is 1.98. The molecule has 1 aromatic carbocycles. The highest BCUT2D eigenvalue weighted by molar-refractivity contribution is 7.15. The molecule has 1 aliphatic rings. The number of guanidine groups is 1. The lowest BCUT2D eigenvalue weighted by molar-refractivity contribution is -0.129.